The summed E-state index contributed by atoms with van der Waals surface area (Å²) >= 11 is 5.65. The summed E-state index contributed by atoms with van der Waals surface area (Å²) in [6.07, 6.45) is 3.43. The Morgan fingerprint density at radius 2 is 1.97 bits per heavy atom. The molecule has 4 fully saturated rings. The number of rotatable bonds is 7. The summed E-state index contributed by atoms with van der Waals surface area (Å²) in [4.78, 5) is 24.9. The molecule has 0 spiro atoms. The topological polar surface area (TPSA) is 88.7 Å². The highest BCUT2D eigenvalue weighted by molar-refractivity contribution is 6.30. The van der Waals surface area contributed by atoms with Crippen LogP contribution in [0.1, 0.15) is 32.6 Å². The molecule has 1 saturated heterocycles. The predicted molar refractivity (Wildman–Crippen MR) is 109 cm³/mol. The molecule has 1 aromatic carbocycles. The summed E-state index contributed by atoms with van der Waals surface area (Å²) in [7, 11) is 0. The smallest absolute Gasteiger partial charge is 0.258 e. The molecule has 3 aliphatic carbocycles. The zero-order valence-corrected chi connectivity index (χ0v) is 17.6. The molecule has 1 heterocycles. The largest absolute Gasteiger partial charge is 0.484 e. The number of ether oxygens (including phenoxy) is 2. The maximum atomic E-state index is 13.5. The molecule has 7 nitrogen and oxygen atoms in total. The number of carbonyl (C=O) groups excluding carboxylic acids is 2. The van der Waals surface area contributed by atoms with Crippen LogP contribution in [0, 0.1) is 17.7 Å². The quantitative estimate of drug-likeness (QED) is 0.604. The fourth-order valence-electron chi connectivity index (χ4n) is 4.55. The first-order valence-electron chi connectivity index (χ1n) is 10.5. The van der Waals surface area contributed by atoms with E-state index in [1.807, 2.05) is 6.92 Å². The third-order valence-corrected chi connectivity index (χ3v) is 6.64. The Balaban J connectivity index is 1.25. The lowest BCUT2D eigenvalue weighted by molar-refractivity contribution is -0.127. The first-order chi connectivity index (χ1) is 14.4. The van der Waals surface area contributed by atoms with Crippen molar-refractivity contribution in [3.63, 3.8) is 0 Å². The number of halogens is 2. The van der Waals surface area contributed by atoms with Gasteiger partial charge in [0.2, 0.25) is 5.91 Å². The minimum atomic E-state index is -0.589. The molecular formula is C21H27ClFN3O4. The summed E-state index contributed by atoms with van der Waals surface area (Å²) in [5.41, 5.74) is 0. The van der Waals surface area contributed by atoms with Gasteiger partial charge in [0.05, 0.1) is 11.6 Å². The summed E-state index contributed by atoms with van der Waals surface area (Å²) in [5, 5.41) is 9.35. The SMILES string of the molecule is CCC1NC(C(=O)N[C@@H]2C[C@H](NC(=O)COc3ccc(Cl)c(F)c3)C3CC2C3)CO1. The van der Waals surface area contributed by atoms with Gasteiger partial charge >= 0.3 is 0 Å². The van der Waals surface area contributed by atoms with E-state index in [1.165, 1.54) is 12.1 Å². The van der Waals surface area contributed by atoms with E-state index in [1.54, 1.807) is 0 Å². The van der Waals surface area contributed by atoms with Gasteiger partial charge in [-0.05, 0) is 49.7 Å². The zero-order chi connectivity index (χ0) is 21.3. The number of carbonyl (C=O) groups is 2. The van der Waals surface area contributed by atoms with Crippen molar-refractivity contribution in [1.29, 1.82) is 0 Å². The average molecular weight is 440 g/mol. The Kier molecular flexibility index (Phi) is 6.46. The number of hydrogen-bond acceptors (Lipinski definition) is 5. The molecule has 4 aliphatic rings. The molecule has 5 rings (SSSR count). The molecule has 0 radical (unpaired) electrons. The minimum Gasteiger partial charge on any atom is -0.484 e. The lowest BCUT2D eigenvalue weighted by atomic mass is 9.60. The first-order valence-corrected chi connectivity index (χ1v) is 10.9. The lowest BCUT2D eigenvalue weighted by Gasteiger charge is -2.51. The van der Waals surface area contributed by atoms with Gasteiger partial charge in [0, 0.05) is 18.2 Å². The van der Waals surface area contributed by atoms with Crippen molar-refractivity contribution < 1.29 is 23.5 Å². The van der Waals surface area contributed by atoms with Crippen LogP contribution >= 0.6 is 11.6 Å². The van der Waals surface area contributed by atoms with Gasteiger partial charge in [-0.3, -0.25) is 14.9 Å². The van der Waals surface area contributed by atoms with Crippen molar-refractivity contribution in [1.82, 2.24) is 16.0 Å². The van der Waals surface area contributed by atoms with Crippen molar-refractivity contribution in [2.75, 3.05) is 13.2 Å². The second-order valence-electron chi connectivity index (χ2n) is 8.33. The first kappa shape index (κ1) is 21.3. The van der Waals surface area contributed by atoms with Crippen LogP contribution in [0.2, 0.25) is 5.02 Å². The number of nitrogens with one attached hydrogen (secondary N) is 3. The second kappa shape index (κ2) is 9.08. The van der Waals surface area contributed by atoms with E-state index in [9.17, 15) is 14.0 Å². The standard InChI is InChI=1S/C21H27ClFN3O4/c1-2-20-25-18(9-30-20)21(28)26-17-8-16(11-5-12(17)6-11)24-19(27)10-29-13-3-4-14(22)15(23)7-13/h3-4,7,11-12,16-18,20,25H,2,5-6,8-10H2,1H3,(H,24,27)(H,26,28)/t11?,12?,16-,17+,18?,20?/m0/s1. The van der Waals surface area contributed by atoms with E-state index in [-0.39, 0.29) is 53.5 Å². The Morgan fingerprint density at radius 3 is 2.63 bits per heavy atom. The molecule has 164 valence electrons. The molecule has 2 bridgehead atoms. The van der Waals surface area contributed by atoms with E-state index < -0.39 is 5.82 Å². The van der Waals surface area contributed by atoms with Gasteiger partial charge in [-0.1, -0.05) is 18.5 Å². The van der Waals surface area contributed by atoms with E-state index in [0.29, 0.717) is 24.9 Å². The van der Waals surface area contributed by atoms with Crippen molar-refractivity contribution in [2.45, 2.75) is 57.0 Å². The Labute approximate surface area is 180 Å². The van der Waals surface area contributed by atoms with Crippen molar-refractivity contribution in [3.8, 4) is 5.75 Å². The van der Waals surface area contributed by atoms with Gasteiger partial charge in [0.15, 0.2) is 6.61 Å². The molecule has 3 saturated carbocycles. The van der Waals surface area contributed by atoms with Crippen molar-refractivity contribution in [2.24, 2.45) is 11.8 Å². The van der Waals surface area contributed by atoms with E-state index >= 15 is 0 Å². The predicted octanol–water partition coefficient (Wildman–Crippen LogP) is 1.98. The number of hydrogen-bond donors (Lipinski definition) is 3. The molecule has 9 heteroatoms. The molecule has 2 amide bonds. The summed E-state index contributed by atoms with van der Waals surface area (Å²) in [6, 6.07) is 3.78. The highest BCUT2D eigenvalue weighted by Gasteiger charge is 2.47. The van der Waals surface area contributed by atoms with Crippen LogP contribution in [0.5, 0.6) is 5.75 Å². The summed E-state index contributed by atoms with van der Waals surface area (Å²) in [5.74, 6) is 0.249. The molecule has 4 atom stereocenters. The van der Waals surface area contributed by atoms with Gasteiger partial charge in [-0.15, -0.1) is 0 Å². The summed E-state index contributed by atoms with van der Waals surface area (Å²) in [6.45, 7) is 2.19. The zero-order valence-electron chi connectivity index (χ0n) is 16.8. The lowest BCUT2D eigenvalue weighted by Crippen LogP contribution is -2.61. The van der Waals surface area contributed by atoms with E-state index in [2.05, 4.69) is 16.0 Å². The van der Waals surface area contributed by atoms with Crippen LogP contribution < -0.4 is 20.7 Å². The Morgan fingerprint density at radius 1 is 1.23 bits per heavy atom. The van der Waals surface area contributed by atoms with Crippen LogP contribution in [0.25, 0.3) is 0 Å². The average Bonchev–Trinajstić information content (AvgIpc) is 3.17. The highest BCUT2D eigenvalue weighted by atomic mass is 35.5. The van der Waals surface area contributed by atoms with Crippen LogP contribution in [0.4, 0.5) is 4.39 Å². The Bertz CT molecular complexity index is 804. The van der Waals surface area contributed by atoms with Crippen LogP contribution in [-0.4, -0.2) is 49.4 Å². The maximum Gasteiger partial charge on any atom is 0.258 e. The van der Waals surface area contributed by atoms with Gasteiger partial charge in [-0.2, -0.15) is 0 Å². The van der Waals surface area contributed by atoms with Crippen LogP contribution in [0.3, 0.4) is 0 Å². The van der Waals surface area contributed by atoms with E-state index in [0.717, 1.165) is 25.3 Å². The molecule has 3 N–H and O–H groups in total. The molecule has 2 unspecified atom stereocenters. The molecular weight excluding hydrogens is 413 g/mol. The number of fused-ring (bicyclic) bond motifs is 2. The number of amides is 2. The van der Waals surface area contributed by atoms with Crippen LogP contribution in [0.15, 0.2) is 18.2 Å². The highest BCUT2D eigenvalue weighted by Crippen LogP contribution is 2.45. The summed E-state index contributed by atoms with van der Waals surface area (Å²) < 4.78 is 24.4. The molecule has 1 aromatic rings. The van der Waals surface area contributed by atoms with Crippen molar-refractivity contribution >= 4 is 23.4 Å². The minimum absolute atomic E-state index is 0.00506. The van der Waals surface area contributed by atoms with Gasteiger partial charge < -0.3 is 20.1 Å². The molecule has 0 aromatic heterocycles. The number of benzene rings is 1. The van der Waals surface area contributed by atoms with E-state index in [4.69, 9.17) is 21.1 Å². The fourth-order valence-corrected chi connectivity index (χ4v) is 4.66. The molecule has 30 heavy (non-hydrogen) atoms. The second-order valence-corrected chi connectivity index (χ2v) is 8.74. The van der Waals surface area contributed by atoms with Crippen LogP contribution in [-0.2, 0) is 14.3 Å². The van der Waals surface area contributed by atoms with Gasteiger partial charge in [-0.25, -0.2) is 4.39 Å². The van der Waals surface area contributed by atoms with Gasteiger partial charge in [0.1, 0.15) is 23.8 Å². The third kappa shape index (κ3) is 4.71. The maximum absolute atomic E-state index is 13.5. The van der Waals surface area contributed by atoms with Gasteiger partial charge in [0.25, 0.3) is 5.91 Å². The monoisotopic (exact) mass is 439 g/mol. The fraction of sp³-hybridized carbons (Fsp3) is 0.619. The van der Waals surface area contributed by atoms with Crippen molar-refractivity contribution in [3.05, 3.63) is 29.0 Å². The normalized spacial score (nSPS) is 32.2. The molecule has 1 aliphatic heterocycles. The third-order valence-electron chi connectivity index (χ3n) is 6.33. The Hall–Kier alpha value is -1.90.